The summed E-state index contributed by atoms with van der Waals surface area (Å²) in [6.07, 6.45) is 0. The summed E-state index contributed by atoms with van der Waals surface area (Å²) in [4.78, 5) is 25.7. The third-order valence-corrected chi connectivity index (χ3v) is 3.95. The largest absolute Gasteiger partial charge is 0.466 e. The van der Waals surface area contributed by atoms with Gasteiger partial charge in [0.15, 0.2) is 5.58 Å². The topological polar surface area (TPSA) is 105 Å². The quantitative estimate of drug-likeness (QED) is 0.774. The maximum Gasteiger partial charge on any atom is 0.337 e. The molecule has 25 heavy (non-hydrogen) atoms. The number of nitrogens with zero attached hydrogens (tertiary/aromatic N) is 2. The molecule has 2 N–H and O–H groups in total. The number of hydrogen-bond donors (Lipinski definition) is 2. The Balaban J connectivity index is 2.01. The fraction of sp³-hybridized carbons (Fsp3) is 0.312. The Morgan fingerprint density at radius 2 is 2.28 bits per heavy atom. The van der Waals surface area contributed by atoms with Crippen LogP contribution in [0.3, 0.4) is 0 Å². The highest BCUT2D eigenvalue weighted by molar-refractivity contribution is 6.08. The fourth-order valence-corrected chi connectivity index (χ4v) is 2.66. The summed E-state index contributed by atoms with van der Waals surface area (Å²) in [5.74, 6) is -1.87. The molecule has 132 valence electrons. The number of halogens is 1. The monoisotopic (exact) mass is 349 g/mol. The summed E-state index contributed by atoms with van der Waals surface area (Å²) < 4.78 is 24.0. The van der Waals surface area contributed by atoms with Crippen LogP contribution in [0.2, 0.25) is 0 Å². The molecule has 8 nitrogen and oxygen atoms in total. The number of fused-ring (bicyclic) bond motifs is 1. The molecule has 1 aromatic heterocycles. The van der Waals surface area contributed by atoms with E-state index in [0.717, 1.165) is 6.07 Å². The number of carbonyl (C=O) groups excluding carboxylic acids is 2. The molecule has 1 amide bonds. The predicted molar refractivity (Wildman–Crippen MR) is 85.0 cm³/mol. The maximum atomic E-state index is 14.3. The smallest absolute Gasteiger partial charge is 0.337 e. The Labute approximate surface area is 141 Å². The number of ether oxygens (including phenoxy) is 1. The first-order chi connectivity index (χ1) is 12.0. The fourth-order valence-electron chi connectivity index (χ4n) is 2.66. The minimum absolute atomic E-state index is 0.00871. The molecule has 0 spiro atoms. The minimum atomic E-state index is -0.695. The molecule has 3 rings (SSSR count). The van der Waals surface area contributed by atoms with E-state index in [4.69, 9.17) is 9.63 Å². The maximum absolute atomic E-state index is 14.3. The van der Waals surface area contributed by atoms with Crippen molar-refractivity contribution in [3.05, 3.63) is 34.9 Å². The number of β-amino-alcohol motifs (C(OH)–C–C–N with tert-alkyl or cyclic N) is 1. The summed E-state index contributed by atoms with van der Waals surface area (Å²) in [6.45, 7) is 1.48. The number of aromatic nitrogens is 1. The van der Waals surface area contributed by atoms with E-state index in [2.05, 4.69) is 15.2 Å². The van der Waals surface area contributed by atoms with Crippen LogP contribution in [0.15, 0.2) is 27.9 Å². The molecule has 0 aliphatic carbocycles. The summed E-state index contributed by atoms with van der Waals surface area (Å²) >= 11 is 0. The third-order valence-electron chi connectivity index (χ3n) is 3.95. The zero-order chi connectivity index (χ0) is 18.1. The number of nitrogens with one attached hydrogen (secondary N) is 1. The highest BCUT2D eigenvalue weighted by atomic mass is 19.1. The number of anilines is 1. The highest BCUT2D eigenvalue weighted by Crippen LogP contribution is 2.28. The van der Waals surface area contributed by atoms with E-state index in [0.29, 0.717) is 11.1 Å². The van der Waals surface area contributed by atoms with Gasteiger partial charge in [0.2, 0.25) is 0 Å². The Bertz CT molecular complexity index is 889. The molecule has 1 aliphatic heterocycles. The summed E-state index contributed by atoms with van der Waals surface area (Å²) in [7, 11) is 1.19. The van der Waals surface area contributed by atoms with Crippen molar-refractivity contribution in [3.8, 4) is 0 Å². The number of amides is 1. The van der Waals surface area contributed by atoms with Crippen LogP contribution in [0.1, 0.15) is 5.69 Å². The Kier molecular flexibility index (Phi) is 4.41. The molecule has 1 aliphatic rings. The lowest BCUT2D eigenvalue weighted by Gasteiger charge is -2.15. The predicted octanol–water partition coefficient (Wildman–Crippen LogP) is 0.949. The lowest BCUT2D eigenvalue weighted by molar-refractivity contribution is -0.136. The van der Waals surface area contributed by atoms with E-state index in [1.54, 1.807) is 6.92 Å². The molecule has 0 bridgehead atoms. The van der Waals surface area contributed by atoms with Crippen molar-refractivity contribution >= 4 is 28.5 Å². The molecule has 0 unspecified atom stereocenters. The van der Waals surface area contributed by atoms with E-state index < -0.39 is 17.7 Å². The number of aliphatic hydroxyl groups excluding tert-OH is 1. The number of aliphatic hydroxyl groups is 1. The molecule has 2 heterocycles. The van der Waals surface area contributed by atoms with Crippen LogP contribution >= 0.6 is 0 Å². The molecule has 0 fully saturated rings. The number of hydrogen-bond acceptors (Lipinski definition) is 7. The van der Waals surface area contributed by atoms with Crippen LogP contribution < -0.4 is 5.32 Å². The first kappa shape index (κ1) is 16.9. The van der Waals surface area contributed by atoms with Crippen molar-refractivity contribution < 1.29 is 28.3 Å². The Morgan fingerprint density at radius 1 is 1.52 bits per heavy atom. The lowest BCUT2D eigenvalue weighted by atomic mass is 10.1. The SMILES string of the molecule is COC(=O)C1=C(Nc2cc3c(C)noc3cc2F)C(=O)N(CCO)C1. The molecule has 9 heteroatoms. The van der Waals surface area contributed by atoms with Crippen LogP contribution in [-0.4, -0.2) is 53.8 Å². The van der Waals surface area contributed by atoms with Crippen LogP contribution in [0, 0.1) is 12.7 Å². The number of benzene rings is 1. The van der Waals surface area contributed by atoms with Crippen molar-refractivity contribution in [1.82, 2.24) is 10.1 Å². The van der Waals surface area contributed by atoms with Gasteiger partial charge in [-0.2, -0.15) is 0 Å². The first-order valence-electron chi connectivity index (χ1n) is 7.50. The van der Waals surface area contributed by atoms with Crippen LogP contribution in [0.5, 0.6) is 0 Å². The minimum Gasteiger partial charge on any atom is -0.466 e. The summed E-state index contributed by atoms with van der Waals surface area (Å²) in [6, 6.07) is 2.61. The van der Waals surface area contributed by atoms with E-state index in [1.807, 2.05) is 0 Å². The van der Waals surface area contributed by atoms with Gasteiger partial charge in [-0.1, -0.05) is 5.16 Å². The second-order valence-corrected chi connectivity index (χ2v) is 5.52. The number of rotatable bonds is 5. The van der Waals surface area contributed by atoms with Crippen molar-refractivity contribution in [1.29, 1.82) is 0 Å². The second-order valence-electron chi connectivity index (χ2n) is 5.52. The third kappa shape index (κ3) is 2.93. The van der Waals surface area contributed by atoms with Gasteiger partial charge in [0.05, 0.1) is 37.2 Å². The Morgan fingerprint density at radius 3 is 2.96 bits per heavy atom. The van der Waals surface area contributed by atoms with Gasteiger partial charge < -0.3 is 24.6 Å². The standard InChI is InChI=1S/C16H16FN3O5/c1-8-9-5-12(11(17)6-13(9)25-19-8)18-14-10(16(23)24-2)7-20(3-4-21)15(14)22/h5-6,18,21H,3-4,7H2,1-2H3. The van der Waals surface area contributed by atoms with Crippen LogP contribution in [-0.2, 0) is 14.3 Å². The zero-order valence-corrected chi connectivity index (χ0v) is 13.6. The number of methoxy groups -OCH3 is 1. The van der Waals surface area contributed by atoms with E-state index in [9.17, 15) is 14.0 Å². The highest BCUT2D eigenvalue weighted by Gasteiger charge is 2.34. The van der Waals surface area contributed by atoms with Crippen LogP contribution in [0.4, 0.5) is 10.1 Å². The first-order valence-corrected chi connectivity index (χ1v) is 7.50. The molecule has 2 aromatic rings. The number of esters is 1. The van der Waals surface area contributed by atoms with E-state index in [-0.39, 0.29) is 42.2 Å². The Hall–Kier alpha value is -2.94. The van der Waals surface area contributed by atoms with Gasteiger partial charge in [0, 0.05) is 18.0 Å². The van der Waals surface area contributed by atoms with Gasteiger partial charge in [-0.05, 0) is 13.0 Å². The van der Waals surface area contributed by atoms with Gasteiger partial charge in [-0.15, -0.1) is 0 Å². The van der Waals surface area contributed by atoms with Gasteiger partial charge in [0.1, 0.15) is 11.5 Å². The summed E-state index contributed by atoms with van der Waals surface area (Å²) in [5, 5.41) is 16.1. The van der Waals surface area contributed by atoms with E-state index >= 15 is 0 Å². The van der Waals surface area contributed by atoms with Crippen LogP contribution in [0.25, 0.3) is 11.0 Å². The average molecular weight is 349 g/mol. The van der Waals surface area contributed by atoms with Gasteiger partial charge >= 0.3 is 5.97 Å². The molecule has 0 saturated carbocycles. The molecular weight excluding hydrogens is 333 g/mol. The van der Waals surface area contributed by atoms with Gasteiger partial charge in [-0.3, -0.25) is 4.79 Å². The van der Waals surface area contributed by atoms with Gasteiger partial charge in [0.25, 0.3) is 5.91 Å². The van der Waals surface area contributed by atoms with Crippen molar-refractivity contribution in [2.45, 2.75) is 6.92 Å². The molecular formula is C16H16FN3O5. The van der Waals surface area contributed by atoms with Crippen molar-refractivity contribution in [3.63, 3.8) is 0 Å². The molecule has 0 saturated heterocycles. The zero-order valence-electron chi connectivity index (χ0n) is 13.6. The van der Waals surface area contributed by atoms with Crippen molar-refractivity contribution in [2.75, 3.05) is 32.1 Å². The average Bonchev–Trinajstić information content (AvgIpc) is 3.10. The summed E-state index contributed by atoms with van der Waals surface area (Å²) in [5.41, 5.74) is 0.854. The normalized spacial score (nSPS) is 14.6. The van der Waals surface area contributed by atoms with Gasteiger partial charge in [-0.25, -0.2) is 9.18 Å². The molecule has 0 radical (unpaired) electrons. The van der Waals surface area contributed by atoms with E-state index in [1.165, 1.54) is 18.1 Å². The molecule has 1 aromatic carbocycles. The number of carbonyl (C=O) groups is 2. The number of aryl methyl sites for hydroxylation is 1. The molecule has 0 atom stereocenters. The van der Waals surface area contributed by atoms with Crippen molar-refractivity contribution in [2.24, 2.45) is 0 Å². The second kappa shape index (κ2) is 6.52. The lowest BCUT2D eigenvalue weighted by Crippen LogP contribution is -2.31.